The first kappa shape index (κ1) is 18.9. The molecule has 1 unspecified atom stereocenters. The van der Waals surface area contributed by atoms with Gasteiger partial charge in [0.25, 0.3) is 5.91 Å². The highest BCUT2D eigenvalue weighted by Crippen LogP contribution is 2.31. The van der Waals surface area contributed by atoms with Crippen molar-refractivity contribution in [2.75, 3.05) is 6.54 Å². The van der Waals surface area contributed by atoms with Gasteiger partial charge in [-0.2, -0.15) is 4.98 Å². The van der Waals surface area contributed by atoms with Crippen molar-refractivity contribution in [2.24, 2.45) is 0 Å². The lowest BCUT2D eigenvalue weighted by atomic mass is 10.2. The molecule has 4 rings (SSSR count). The number of benzene rings is 1. The highest BCUT2D eigenvalue weighted by molar-refractivity contribution is 5.91. The van der Waals surface area contributed by atoms with E-state index in [9.17, 15) is 9.59 Å². The van der Waals surface area contributed by atoms with E-state index in [1.807, 2.05) is 30.3 Å². The van der Waals surface area contributed by atoms with Crippen molar-refractivity contribution < 1.29 is 18.5 Å². The lowest BCUT2D eigenvalue weighted by Gasteiger charge is -2.20. The van der Waals surface area contributed by atoms with Crippen molar-refractivity contribution >= 4 is 11.8 Å². The van der Waals surface area contributed by atoms with Crippen LogP contribution in [0.5, 0.6) is 0 Å². The molecule has 8 nitrogen and oxygen atoms in total. The average molecular weight is 394 g/mol. The number of furan rings is 1. The van der Waals surface area contributed by atoms with Crippen LogP contribution in [0.2, 0.25) is 0 Å². The first-order valence-electron chi connectivity index (χ1n) is 9.68. The van der Waals surface area contributed by atoms with Gasteiger partial charge in [-0.15, -0.1) is 0 Å². The molecule has 0 aliphatic carbocycles. The lowest BCUT2D eigenvalue weighted by Crippen LogP contribution is -2.30. The van der Waals surface area contributed by atoms with E-state index in [2.05, 4.69) is 15.5 Å². The predicted molar refractivity (Wildman–Crippen MR) is 103 cm³/mol. The van der Waals surface area contributed by atoms with E-state index in [1.165, 1.54) is 6.26 Å². The Bertz CT molecular complexity index is 952. The Morgan fingerprint density at radius 1 is 1.17 bits per heavy atom. The van der Waals surface area contributed by atoms with E-state index in [4.69, 9.17) is 8.94 Å². The minimum Gasteiger partial charge on any atom is -0.459 e. The number of hydrogen-bond acceptors (Lipinski definition) is 6. The summed E-state index contributed by atoms with van der Waals surface area (Å²) < 4.78 is 10.5. The number of amides is 2. The number of hydrogen-bond donors (Lipinski definition) is 1. The Morgan fingerprint density at radius 2 is 2.03 bits per heavy atom. The summed E-state index contributed by atoms with van der Waals surface area (Å²) >= 11 is 0. The van der Waals surface area contributed by atoms with Gasteiger partial charge in [-0.25, -0.2) is 0 Å². The highest BCUT2D eigenvalue weighted by Gasteiger charge is 2.34. The van der Waals surface area contributed by atoms with Crippen LogP contribution < -0.4 is 5.32 Å². The number of carbonyl (C=O) groups is 2. The zero-order valence-corrected chi connectivity index (χ0v) is 15.9. The molecular formula is C21H22N4O4. The van der Waals surface area contributed by atoms with Gasteiger partial charge >= 0.3 is 0 Å². The molecule has 1 N–H and O–H groups in total. The normalized spacial score (nSPS) is 16.1. The third-order valence-corrected chi connectivity index (χ3v) is 4.93. The standard InChI is InChI=1S/C21H22N4O4/c26-18(22-14-15-6-2-1-3-7-15)10-11-19-23-20(24-29-19)16-8-4-12-25(16)21(27)17-9-5-13-28-17/h1-3,5-7,9,13,16H,4,8,10-12,14H2,(H,22,26). The van der Waals surface area contributed by atoms with Crippen LogP contribution in [0.25, 0.3) is 0 Å². The summed E-state index contributed by atoms with van der Waals surface area (Å²) in [5.74, 6) is 0.915. The molecule has 2 amide bonds. The number of carbonyl (C=O) groups excluding carboxylic acids is 2. The van der Waals surface area contributed by atoms with Crippen LogP contribution in [0.3, 0.4) is 0 Å². The second-order valence-electron chi connectivity index (χ2n) is 6.94. The van der Waals surface area contributed by atoms with Gasteiger partial charge in [0.05, 0.1) is 12.3 Å². The molecule has 8 heteroatoms. The molecule has 1 aliphatic heterocycles. The summed E-state index contributed by atoms with van der Waals surface area (Å²) in [6.45, 7) is 1.11. The second kappa shape index (κ2) is 8.72. The van der Waals surface area contributed by atoms with Crippen LogP contribution in [-0.2, 0) is 17.8 Å². The zero-order valence-electron chi connectivity index (χ0n) is 15.9. The Morgan fingerprint density at radius 3 is 2.83 bits per heavy atom. The number of aryl methyl sites for hydroxylation is 1. The fourth-order valence-electron chi connectivity index (χ4n) is 3.43. The highest BCUT2D eigenvalue weighted by atomic mass is 16.5. The molecule has 0 spiro atoms. The van der Waals surface area contributed by atoms with Gasteiger partial charge in [-0.1, -0.05) is 35.5 Å². The van der Waals surface area contributed by atoms with Gasteiger partial charge < -0.3 is 19.2 Å². The lowest BCUT2D eigenvalue weighted by molar-refractivity contribution is -0.121. The van der Waals surface area contributed by atoms with Crippen LogP contribution >= 0.6 is 0 Å². The summed E-state index contributed by atoms with van der Waals surface area (Å²) in [5, 5.41) is 6.92. The van der Waals surface area contributed by atoms with Crippen LogP contribution in [0, 0.1) is 0 Å². The van der Waals surface area contributed by atoms with Gasteiger partial charge in [-0.3, -0.25) is 9.59 Å². The van der Waals surface area contributed by atoms with Crippen molar-refractivity contribution in [1.29, 1.82) is 0 Å². The third kappa shape index (κ3) is 4.53. The van der Waals surface area contributed by atoms with Crippen LogP contribution in [0.15, 0.2) is 57.7 Å². The van der Waals surface area contributed by atoms with Crippen LogP contribution in [0.4, 0.5) is 0 Å². The third-order valence-electron chi connectivity index (χ3n) is 4.93. The molecule has 0 saturated carbocycles. The fraction of sp³-hybridized carbons (Fsp3) is 0.333. The van der Waals surface area contributed by atoms with Gasteiger partial charge in [0.15, 0.2) is 11.6 Å². The average Bonchev–Trinajstić information content (AvgIpc) is 3.52. The van der Waals surface area contributed by atoms with E-state index in [0.717, 1.165) is 18.4 Å². The Labute approximate surface area is 167 Å². The van der Waals surface area contributed by atoms with Crippen molar-refractivity contribution in [3.63, 3.8) is 0 Å². The van der Waals surface area contributed by atoms with Crippen molar-refractivity contribution in [3.05, 3.63) is 71.8 Å². The first-order valence-corrected chi connectivity index (χ1v) is 9.68. The Balaban J connectivity index is 1.31. The molecule has 1 fully saturated rings. The topological polar surface area (TPSA) is 101 Å². The molecule has 3 heterocycles. The second-order valence-corrected chi connectivity index (χ2v) is 6.94. The number of aromatic nitrogens is 2. The van der Waals surface area contributed by atoms with Gasteiger partial charge in [0.2, 0.25) is 11.8 Å². The molecule has 1 saturated heterocycles. The number of likely N-dealkylation sites (tertiary alicyclic amines) is 1. The molecule has 0 bridgehead atoms. The van der Waals surface area contributed by atoms with Crippen molar-refractivity contribution in [3.8, 4) is 0 Å². The Hall–Kier alpha value is -3.42. The van der Waals surface area contributed by atoms with Gasteiger partial charge in [-0.05, 0) is 30.5 Å². The SMILES string of the molecule is O=C(CCc1nc(C2CCCN2C(=O)c2ccco2)no1)NCc1ccccc1. The minimum atomic E-state index is -0.239. The summed E-state index contributed by atoms with van der Waals surface area (Å²) in [6, 6.07) is 12.8. The molecule has 2 aromatic heterocycles. The largest absolute Gasteiger partial charge is 0.459 e. The molecule has 150 valence electrons. The van der Waals surface area contributed by atoms with E-state index >= 15 is 0 Å². The monoisotopic (exact) mass is 394 g/mol. The molecule has 29 heavy (non-hydrogen) atoms. The van der Waals surface area contributed by atoms with Crippen molar-refractivity contribution in [1.82, 2.24) is 20.4 Å². The molecule has 0 radical (unpaired) electrons. The van der Waals surface area contributed by atoms with E-state index in [-0.39, 0.29) is 24.3 Å². The maximum absolute atomic E-state index is 12.6. The smallest absolute Gasteiger partial charge is 0.290 e. The number of nitrogens with one attached hydrogen (secondary N) is 1. The van der Waals surface area contributed by atoms with E-state index in [0.29, 0.717) is 37.0 Å². The zero-order chi connectivity index (χ0) is 20.1. The van der Waals surface area contributed by atoms with Crippen LogP contribution in [0.1, 0.15) is 53.1 Å². The van der Waals surface area contributed by atoms with E-state index in [1.54, 1.807) is 17.0 Å². The quantitative estimate of drug-likeness (QED) is 0.661. The predicted octanol–water partition coefficient (Wildman–Crippen LogP) is 2.89. The molecule has 1 aromatic carbocycles. The maximum atomic E-state index is 12.6. The number of nitrogens with zero attached hydrogens (tertiary/aromatic N) is 3. The van der Waals surface area contributed by atoms with Crippen LogP contribution in [-0.4, -0.2) is 33.4 Å². The number of rotatable bonds is 7. The fourth-order valence-corrected chi connectivity index (χ4v) is 3.43. The first-order chi connectivity index (χ1) is 14.2. The minimum absolute atomic E-state index is 0.0795. The van der Waals surface area contributed by atoms with Crippen molar-refractivity contribution in [2.45, 2.75) is 38.3 Å². The van der Waals surface area contributed by atoms with Gasteiger partial charge in [0.1, 0.15) is 0 Å². The van der Waals surface area contributed by atoms with E-state index < -0.39 is 0 Å². The Kier molecular flexibility index (Phi) is 5.69. The summed E-state index contributed by atoms with van der Waals surface area (Å²) in [7, 11) is 0. The molecule has 1 aliphatic rings. The molecular weight excluding hydrogens is 372 g/mol. The van der Waals surface area contributed by atoms with Gasteiger partial charge in [0, 0.05) is 25.9 Å². The molecule has 3 aromatic rings. The summed E-state index contributed by atoms with van der Waals surface area (Å²) in [5.41, 5.74) is 1.04. The summed E-state index contributed by atoms with van der Waals surface area (Å²) in [4.78, 5) is 30.8. The maximum Gasteiger partial charge on any atom is 0.290 e. The molecule has 1 atom stereocenters. The summed E-state index contributed by atoms with van der Waals surface area (Å²) in [6.07, 6.45) is 3.72.